The zero-order chi connectivity index (χ0) is 26.3. The Bertz CT molecular complexity index is 1570. The van der Waals surface area contributed by atoms with E-state index < -0.39 is 17.1 Å². The maximum atomic E-state index is 14.9. The normalized spacial score (nSPS) is 13.6. The van der Waals surface area contributed by atoms with E-state index in [9.17, 15) is 14.0 Å². The number of hydrogen-bond acceptors (Lipinski definition) is 5. The third-order valence-electron chi connectivity index (χ3n) is 6.72. The number of nitrogens with zero attached hydrogens (tertiary/aromatic N) is 5. The summed E-state index contributed by atoms with van der Waals surface area (Å²) in [4.78, 5) is 36.4. The van der Waals surface area contributed by atoms with Crippen molar-refractivity contribution in [2.45, 2.75) is 66.1 Å². The van der Waals surface area contributed by atoms with Crippen molar-refractivity contribution < 1.29 is 9.13 Å². The van der Waals surface area contributed by atoms with Crippen molar-refractivity contribution in [1.82, 2.24) is 23.7 Å². The van der Waals surface area contributed by atoms with Gasteiger partial charge >= 0.3 is 5.69 Å². The van der Waals surface area contributed by atoms with Gasteiger partial charge < -0.3 is 9.30 Å². The molecule has 0 saturated heterocycles. The van der Waals surface area contributed by atoms with E-state index in [4.69, 9.17) is 9.72 Å². The highest BCUT2D eigenvalue weighted by Gasteiger charge is 2.28. The number of rotatable bonds is 9. The molecular weight excluding hydrogens is 473 g/mol. The molecule has 0 spiro atoms. The Labute approximate surface area is 214 Å². The van der Waals surface area contributed by atoms with Crippen LogP contribution in [0.25, 0.3) is 22.6 Å². The molecular formula is C28H32FN5O3. The Hall–Kier alpha value is -3.75. The van der Waals surface area contributed by atoms with E-state index in [1.165, 1.54) is 10.6 Å². The summed E-state index contributed by atoms with van der Waals surface area (Å²) >= 11 is 0. The fraction of sp³-hybridized carbons (Fsp3) is 0.429. The summed E-state index contributed by atoms with van der Waals surface area (Å²) in [5.41, 5.74) is 1.29. The number of aromatic nitrogens is 5. The number of imidazole rings is 1. The first-order chi connectivity index (χ1) is 17.8. The largest absolute Gasteiger partial charge is 0.477 e. The van der Waals surface area contributed by atoms with Gasteiger partial charge in [-0.15, -0.1) is 0 Å². The van der Waals surface area contributed by atoms with Gasteiger partial charge in [0.2, 0.25) is 5.88 Å². The molecule has 1 fully saturated rings. The van der Waals surface area contributed by atoms with Gasteiger partial charge in [0.25, 0.3) is 5.56 Å². The van der Waals surface area contributed by atoms with Crippen LogP contribution in [0.2, 0.25) is 0 Å². The Morgan fingerprint density at radius 1 is 1.11 bits per heavy atom. The van der Waals surface area contributed by atoms with E-state index in [0.717, 1.165) is 18.4 Å². The summed E-state index contributed by atoms with van der Waals surface area (Å²) in [6.45, 7) is 8.38. The lowest BCUT2D eigenvalue weighted by Gasteiger charge is -2.15. The van der Waals surface area contributed by atoms with Gasteiger partial charge in [0.15, 0.2) is 11.2 Å². The number of pyridine rings is 1. The zero-order valence-electron chi connectivity index (χ0n) is 21.7. The maximum absolute atomic E-state index is 14.9. The van der Waals surface area contributed by atoms with Crippen molar-refractivity contribution in [2.24, 2.45) is 5.92 Å². The molecule has 0 radical (unpaired) electrons. The van der Waals surface area contributed by atoms with Gasteiger partial charge in [-0.25, -0.2) is 19.2 Å². The fourth-order valence-corrected chi connectivity index (χ4v) is 4.58. The predicted molar refractivity (Wildman–Crippen MR) is 141 cm³/mol. The Morgan fingerprint density at radius 2 is 1.84 bits per heavy atom. The second-order valence-electron chi connectivity index (χ2n) is 10.0. The number of hydrogen-bond donors (Lipinski definition) is 0. The van der Waals surface area contributed by atoms with Crippen molar-refractivity contribution in [3.05, 3.63) is 74.3 Å². The quantitative estimate of drug-likeness (QED) is 0.329. The van der Waals surface area contributed by atoms with Gasteiger partial charge in [-0.1, -0.05) is 37.3 Å². The highest BCUT2D eigenvalue weighted by Crippen LogP contribution is 2.35. The molecule has 37 heavy (non-hydrogen) atoms. The monoisotopic (exact) mass is 505 g/mol. The molecule has 0 unspecified atom stereocenters. The molecule has 1 aliphatic carbocycles. The standard InChI is InChI=1S/C28H32FN5O3/c1-5-13-32-27(35)23-25(34(17(2)3)28(32)36)31-24(33(23)15-19-9-7-6-8-10-19)21-14-22(29)18(4)30-26(21)37-16-20-11-12-20/h6-10,14,17,20H,5,11-13,15-16H2,1-4H3. The number of fused-ring (bicyclic) bond motifs is 1. The minimum absolute atomic E-state index is 0.227. The lowest BCUT2D eigenvalue weighted by Crippen LogP contribution is -2.41. The van der Waals surface area contributed by atoms with Gasteiger partial charge in [0.1, 0.15) is 11.6 Å². The van der Waals surface area contributed by atoms with Crippen LogP contribution in [0.15, 0.2) is 46.0 Å². The second kappa shape index (κ2) is 9.95. The van der Waals surface area contributed by atoms with E-state index in [0.29, 0.717) is 48.9 Å². The van der Waals surface area contributed by atoms with Crippen molar-refractivity contribution in [1.29, 1.82) is 0 Å². The number of halogens is 1. The maximum Gasteiger partial charge on any atom is 0.332 e. The van der Waals surface area contributed by atoms with Crippen molar-refractivity contribution >= 4 is 11.2 Å². The van der Waals surface area contributed by atoms with Crippen LogP contribution < -0.4 is 16.0 Å². The number of ether oxygens (including phenoxy) is 1. The molecule has 9 heteroatoms. The average Bonchev–Trinajstić information content (AvgIpc) is 3.63. The summed E-state index contributed by atoms with van der Waals surface area (Å²) in [7, 11) is 0. The fourth-order valence-electron chi connectivity index (χ4n) is 4.58. The number of benzene rings is 1. The predicted octanol–water partition coefficient (Wildman–Crippen LogP) is 4.70. The van der Waals surface area contributed by atoms with Gasteiger partial charge in [0.05, 0.1) is 17.9 Å². The lowest BCUT2D eigenvalue weighted by atomic mass is 10.2. The van der Waals surface area contributed by atoms with Crippen molar-refractivity contribution in [3.8, 4) is 17.3 Å². The van der Waals surface area contributed by atoms with Crippen LogP contribution in [-0.4, -0.2) is 30.3 Å². The van der Waals surface area contributed by atoms with E-state index in [1.807, 2.05) is 51.1 Å². The van der Waals surface area contributed by atoms with Crippen LogP contribution in [0.3, 0.4) is 0 Å². The van der Waals surface area contributed by atoms with Gasteiger partial charge in [-0.05, 0) is 57.6 Å². The molecule has 1 saturated carbocycles. The average molecular weight is 506 g/mol. The summed E-state index contributed by atoms with van der Waals surface area (Å²) in [5, 5.41) is 0. The first-order valence-electron chi connectivity index (χ1n) is 12.9. The van der Waals surface area contributed by atoms with Crippen molar-refractivity contribution in [2.75, 3.05) is 6.61 Å². The van der Waals surface area contributed by atoms with Crippen LogP contribution >= 0.6 is 0 Å². The van der Waals surface area contributed by atoms with E-state index in [2.05, 4.69) is 4.98 Å². The summed E-state index contributed by atoms with van der Waals surface area (Å²) in [6.07, 6.45) is 2.82. The molecule has 194 valence electrons. The molecule has 0 bridgehead atoms. The highest BCUT2D eigenvalue weighted by molar-refractivity contribution is 5.79. The first kappa shape index (κ1) is 24.9. The van der Waals surface area contributed by atoms with E-state index in [1.54, 1.807) is 16.1 Å². The van der Waals surface area contributed by atoms with E-state index in [-0.39, 0.29) is 23.3 Å². The zero-order valence-corrected chi connectivity index (χ0v) is 21.7. The Morgan fingerprint density at radius 3 is 2.49 bits per heavy atom. The minimum Gasteiger partial charge on any atom is -0.477 e. The van der Waals surface area contributed by atoms with Crippen LogP contribution in [-0.2, 0) is 13.1 Å². The lowest BCUT2D eigenvalue weighted by molar-refractivity contribution is 0.288. The molecule has 4 aromatic rings. The third-order valence-corrected chi connectivity index (χ3v) is 6.72. The molecule has 1 aliphatic rings. The minimum atomic E-state index is -0.489. The van der Waals surface area contributed by atoms with Crippen LogP contribution in [0.1, 0.15) is 57.3 Å². The topological polar surface area (TPSA) is 83.9 Å². The van der Waals surface area contributed by atoms with Crippen LogP contribution in [0, 0.1) is 18.7 Å². The van der Waals surface area contributed by atoms with Gasteiger partial charge in [-0.3, -0.25) is 13.9 Å². The molecule has 1 aromatic carbocycles. The van der Waals surface area contributed by atoms with Gasteiger partial charge in [-0.2, -0.15) is 0 Å². The van der Waals surface area contributed by atoms with Crippen LogP contribution in [0.5, 0.6) is 5.88 Å². The molecule has 0 N–H and O–H groups in total. The molecule has 3 heterocycles. The second-order valence-corrected chi connectivity index (χ2v) is 10.0. The Kier molecular flexibility index (Phi) is 6.70. The number of aryl methyl sites for hydroxylation is 1. The third kappa shape index (κ3) is 4.70. The molecule has 0 amide bonds. The van der Waals surface area contributed by atoms with Crippen molar-refractivity contribution in [3.63, 3.8) is 0 Å². The smallest absolute Gasteiger partial charge is 0.332 e. The summed E-state index contributed by atoms with van der Waals surface area (Å²) in [5.74, 6) is 0.603. The first-order valence-corrected chi connectivity index (χ1v) is 12.9. The molecule has 8 nitrogen and oxygen atoms in total. The summed E-state index contributed by atoms with van der Waals surface area (Å²) in [6, 6.07) is 10.8. The van der Waals surface area contributed by atoms with Gasteiger partial charge in [0, 0.05) is 19.1 Å². The van der Waals surface area contributed by atoms with Crippen LogP contribution in [0.4, 0.5) is 4.39 Å². The molecule has 3 aromatic heterocycles. The highest BCUT2D eigenvalue weighted by atomic mass is 19.1. The Balaban J connectivity index is 1.84. The van der Waals surface area contributed by atoms with E-state index >= 15 is 0 Å². The summed E-state index contributed by atoms with van der Waals surface area (Å²) < 4.78 is 25.6. The SMILES string of the molecule is CCCn1c(=O)c2c(nc(-c3cc(F)c(C)nc3OCC3CC3)n2Cc2ccccc2)n(C(C)C)c1=O. The molecule has 5 rings (SSSR count). The molecule has 0 aliphatic heterocycles. The molecule has 0 atom stereocenters.